The highest BCUT2D eigenvalue weighted by Gasteiger charge is 2.39. The number of hydrogen-bond donors (Lipinski definition) is 0. The summed E-state index contributed by atoms with van der Waals surface area (Å²) in [7, 11) is 0. The molecule has 2 aromatic carbocycles. The molecule has 2 aliphatic rings. The Bertz CT molecular complexity index is 792. The number of hydrogen-bond acceptors (Lipinski definition) is 3. The topological polar surface area (TPSA) is 35.5 Å². The molecule has 120 valence electrons. The number of para-hydroxylation sites is 1. The highest BCUT2D eigenvalue weighted by Crippen LogP contribution is 2.39. The van der Waals surface area contributed by atoms with Gasteiger partial charge in [-0.1, -0.05) is 54.6 Å². The normalized spacial score (nSPS) is 24.6. The van der Waals surface area contributed by atoms with Gasteiger partial charge in [-0.15, -0.1) is 0 Å². The van der Waals surface area contributed by atoms with E-state index in [4.69, 9.17) is 9.47 Å². The first-order chi connectivity index (χ1) is 11.8. The lowest BCUT2D eigenvalue weighted by Crippen LogP contribution is -2.38. The van der Waals surface area contributed by atoms with Crippen molar-refractivity contribution in [3.8, 4) is 5.75 Å². The first kappa shape index (κ1) is 14.8. The summed E-state index contributed by atoms with van der Waals surface area (Å²) in [5, 5.41) is 0. The second-order valence-corrected chi connectivity index (χ2v) is 6.04. The monoisotopic (exact) mass is 318 g/mol. The molecule has 0 fully saturated rings. The van der Waals surface area contributed by atoms with Gasteiger partial charge in [0.15, 0.2) is 11.9 Å². The third-order valence-electron chi connectivity index (χ3n) is 4.51. The maximum atomic E-state index is 13.1. The quantitative estimate of drug-likeness (QED) is 0.857. The number of ketones is 1. The smallest absolute Gasteiger partial charge is 0.184 e. The molecule has 2 heterocycles. The minimum atomic E-state index is -0.542. The zero-order valence-corrected chi connectivity index (χ0v) is 13.2. The van der Waals surface area contributed by atoms with Crippen LogP contribution < -0.4 is 4.74 Å². The van der Waals surface area contributed by atoms with Crippen molar-refractivity contribution in [3.63, 3.8) is 0 Å². The zero-order valence-electron chi connectivity index (χ0n) is 13.2. The van der Waals surface area contributed by atoms with Crippen molar-refractivity contribution in [2.24, 2.45) is 5.92 Å². The summed E-state index contributed by atoms with van der Waals surface area (Å²) in [5.41, 5.74) is 2.08. The molecule has 2 aliphatic heterocycles. The van der Waals surface area contributed by atoms with Crippen molar-refractivity contribution in [3.05, 3.63) is 90.2 Å². The van der Waals surface area contributed by atoms with Crippen LogP contribution >= 0.6 is 0 Å². The van der Waals surface area contributed by atoms with Gasteiger partial charge >= 0.3 is 0 Å². The number of carbonyl (C=O) groups is 1. The fraction of sp³-hybridized carbons (Fsp3) is 0.190. The van der Waals surface area contributed by atoms with E-state index in [9.17, 15) is 4.79 Å². The van der Waals surface area contributed by atoms with Crippen LogP contribution in [0.5, 0.6) is 5.75 Å². The number of benzene rings is 2. The van der Waals surface area contributed by atoms with E-state index in [-0.39, 0.29) is 17.8 Å². The van der Waals surface area contributed by atoms with Crippen molar-refractivity contribution in [1.29, 1.82) is 0 Å². The van der Waals surface area contributed by atoms with E-state index in [0.29, 0.717) is 6.42 Å². The van der Waals surface area contributed by atoms with Gasteiger partial charge in [-0.05, 0) is 35.8 Å². The summed E-state index contributed by atoms with van der Waals surface area (Å²) in [6.45, 7) is 0. The SMILES string of the molecule is O=C(C1C=CC=CO1)C1Cc2ccccc2OC1c1ccccc1. The third-order valence-corrected chi connectivity index (χ3v) is 4.51. The van der Waals surface area contributed by atoms with Gasteiger partial charge in [-0.3, -0.25) is 4.79 Å². The largest absolute Gasteiger partial charge is 0.486 e. The van der Waals surface area contributed by atoms with Crippen LogP contribution in [0, 0.1) is 5.92 Å². The average Bonchev–Trinajstić information content (AvgIpc) is 2.68. The lowest BCUT2D eigenvalue weighted by molar-refractivity contribution is -0.133. The minimum Gasteiger partial charge on any atom is -0.486 e. The number of Topliss-reactive ketones (excluding diaryl/α,β-unsaturated/α-hetero) is 1. The van der Waals surface area contributed by atoms with Gasteiger partial charge in [-0.25, -0.2) is 0 Å². The Kier molecular flexibility index (Phi) is 3.91. The van der Waals surface area contributed by atoms with E-state index in [0.717, 1.165) is 16.9 Å². The molecule has 0 saturated carbocycles. The molecule has 4 rings (SSSR count). The predicted molar refractivity (Wildman–Crippen MR) is 91.6 cm³/mol. The zero-order chi connectivity index (χ0) is 16.4. The van der Waals surface area contributed by atoms with Gasteiger partial charge in [0.1, 0.15) is 11.9 Å². The van der Waals surface area contributed by atoms with Crippen LogP contribution in [0.2, 0.25) is 0 Å². The standard InChI is InChI=1S/C21H18O3/c22-20(19-12-6-7-13-23-19)17-14-16-10-4-5-11-18(16)24-21(17)15-8-2-1-3-9-15/h1-13,17,19,21H,14H2. The van der Waals surface area contributed by atoms with Crippen molar-refractivity contribution in [2.45, 2.75) is 18.6 Å². The number of rotatable bonds is 3. The van der Waals surface area contributed by atoms with Crippen molar-refractivity contribution >= 4 is 5.78 Å². The number of ether oxygens (including phenoxy) is 2. The Morgan fingerprint density at radius 2 is 1.75 bits per heavy atom. The summed E-state index contributed by atoms with van der Waals surface area (Å²) in [4.78, 5) is 13.1. The molecule has 0 aliphatic carbocycles. The Balaban J connectivity index is 1.70. The molecule has 0 bridgehead atoms. The Morgan fingerprint density at radius 1 is 0.958 bits per heavy atom. The Morgan fingerprint density at radius 3 is 2.54 bits per heavy atom. The molecular formula is C21H18O3. The van der Waals surface area contributed by atoms with E-state index in [2.05, 4.69) is 0 Å². The van der Waals surface area contributed by atoms with Gasteiger partial charge in [0.25, 0.3) is 0 Å². The first-order valence-corrected chi connectivity index (χ1v) is 8.15. The van der Waals surface area contributed by atoms with Crippen molar-refractivity contribution < 1.29 is 14.3 Å². The lowest BCUT2D eigenvalue weighted by Gasteiger charge is -2.34. The molecule has 3 nitrogen and oxygen atoms in total. The highest BCUT2D eigenvalue weighted by atomic mass is 16.5. The minimum absolute atomic E-state index is 0.0546. The van der Waals surface area contributed by atoms with Crippen molar-refractivity contribution in [1.82, 2.24) is 0 Å². The van der Waals surface area contributed by atoms with E-state index in [1.807, 2.05) is 60.7 Å². The summed E-state index contributed by atoms with van der Waals surface area (Å²) in [5.74, 6) is 0.637. The van der Waals surface area contributed by atoms with Crippen LogP contribution in [-0.2, 0) is 16.0 Å². The molecule has 0 amide bonds. The fourth-order valence-corrected chi connectivity index (χ4v) is 3.30. The molecule has 0 spiro atoms. The summed E-state index contributed by atoms with van der Waals surface area (Å²) in [6, 6.07) is 17.9. The molecule has 24 heavy (non-hydrogen) atoms. The van der Waals surface area contributed by atoms with Crippen LogP contribution in [0.1, 0.15) is 17.2 Å². The van der Waals surface area contributed by atoms with Gasteiger partial charge in [0.05, 0.1) is 12.2 Å². The highest BCUT2D eigenvalue weighted by molar-refractivity contribution is 5.88. The summed E-state index contributed by atoms with van der Waals surface area (Å²) >= 11 is 0. The number of carbonyl (C=O) groups excluding carboxylic acids is 1. The second-order valence-electron chi connectivity index (χ2n) is 6.04. The molecule has 0 N–H and O–H groups in total. The van der Waals surface area contributed by atoms with Crippen molar-refractivity contribution in [2.75, 3.05) is 0 Å². The molecule has 3 unspecified atom stereocenters. The molecule has 0 radical (unpaired) electrons. The van der Waals surface area contributed by atoms with Gasteiger partial charge in [0.2, 0.25) is 0 Å². The van der Waals surface area contributed by atoms with Crippen LogP contribution in [0.4, 0.5) is 0 Å². The van der Waals surface area contributed by atoms with Crippen LogP contribution in [0.25, 0.3) is 0 Å². The molecule has 0 aromatic heterocycles. The van der Waals surface area contributed by atoms with Crippen LogP contribution in [0.3, 0.4) is 0 Å². The molecule has 3 heteroatoms. The first-order valence-electron chi connectivity index (χ1n) is 8.15. The maximum absolute atomic E-state index is 13.1. The Labute approximate surface area is 141 Å². The van der Waals surface area contributed by atoms with Gasteiger partial charge in [0, 0.05) is 0 Å². The van der Waals surface area contributed by atoms with E-state index in [1.54, 1.807) is 18.4 Å². The lowest BCUT2D eigenvalue weighted by atomic mass is 9.82. The fourth-order valence-electron chi connectivity index (χ4n) is 3.30. The molecular weight excluding hydrogens is 300 g/mol. The summed E-state index contributed by atoms with van der Waals surface area (Å²) in [6.07, 6.45) is 6.82. The van der Waals surface area contributed by atoms with E-state index >= 15 is 0 Å². The number of fused-ring (bicyclic) bond motifs is 1. The number of allylic oxidation sites excluding steroid dienone is 2. The molecule has 3 atom stereocenters. The molecule has 2 aromatic rings. The van der Waals surface area contributed by atoms with Gasteiger partial charge < -0.3 is 9.47 Å². The Hall–Kier alpha value is -2.81. The second kappa shape index (κ2) is 6.36. The van der Waals surface area contributed by atoms with E-state index in [1.165, 1.54) is 0 Å². The average molecular weight is 318 g/mol. The van der Waals surface area contributed by atoms with Gasteiger partial charge in [-0.2, -0.15) is 0 Å². The third kappa shape index (κ3) is 2.73. The van der Waals surface area contributed by atoms with E-state index < -0.39 is 6.10 Å². The molecule has 0 saturated heterocycles. The van der Waals surface area contributed by atoms with Crippen LogP contribution in [-0.4, -0.2) is 11.9 Å². The summed E-state index contributed by atoms with van der Waals surface area (Å²) < 4.78 is 11.7. The van der Waals surface area contributed by atoms with Crippen LogP contribution in [0.15, 0.2) is 79.1 Å². The predicted octanol–water partition coefficient (Wildman–Crippen LogP) is 4.02. The maximum Gasteiger partial charge on any atom is 0.184 e.